The lowest BCUT2D eigenvalue weighted by atomic mass is 10.0. The summed E-state index contributed by atoms with van der Waals surface area (Å²) < 4.78 is 1.83. The first-order valence-electron chi connectivity index (χ1n) is 10.9. The number of nitrogens with one attached hydrogen (secondary N) is 1. The van der Waals surface area contributed by atoms with Crippen LogP contribution in [-0.4, -0.2) is 14.5 Å². The SMILES string of the molecule is CCc1c(-c2ccccc2)[nH]c(-c2ccccc2)c2nc(CC3=CC=CCC3)c(=O)n1-2. The second kappa shape index (κ2) is 8.23. The third kappa shape index (κ3) is 3.55. The van der Waals surface area contributed by atoms with Crippen molar-refractivity contribution in [1.29, 1.82) is 0 Å². The Bertz CT molecular complexity index is 1290. The molecule has 0 saturated carbocycles. The molecule has 2 aromatic rings. The standard InChI is InChI=1S/C27H25N3O/c1-2-23-24(20-14-8-4-9-15-20)29-25(21-16-10-5-11-17-21)26-28-22(27(31)30(23)26)18-19-12-6-3-7-13-19/h3-6,8-12,14-17,29H,2,7,13,18H2,1H3. The molecule has 0 aromatic heterocycles. The maximum atomic E-state index is 13.6. The number of hydrogen-bond acceptors (Lipinski definition) is 2. The van der Waals surface area contributed by atoms with E-state index in [1.807, 2.05) is 41.0 Å². The van der Waals surface area contributed by atoms with E-state index in [1.54, 1.807) is 0 Å². The monoisotopic (exact) mass is 407 g/mol. The van der Waals surface area contributed by atoms with E-state index in [-0.39, 0.29) is 5.56 Å². The zero-order valence-corrected chi connectivity index (χ0v) is 17.6. The maximum Gasteiger partial charge on any atom is 0.278 e. The number of aromatic nitrogens is 3. The number of imidazole rings is 1. The van der Waals surface area contributed by atoms with Crippen molar-refractivity contribution in [2.75, 3.05) is 0 Å². The summed E-state index contributed by atoms with van der Waals surface area (Å²) in [4.78, 5) is 22.1. The summed E-state index contributed by atoms with van der Waals surface area (Å²) >= 11 is 0. The Morgan fingerprint density at radius 3 is 2.26 bits per heavy atom. The number of allylic oxidation sites excluding steroid dienone is 4. The van der Waals surface area contributed by atoms with Crippen LogP contribution in [0.15, 0.2) is 89.3 Å². The van der Waals surface area contributed by atoms with Gasteiger partial charge in [0.2, 0.25) is 0 Å². The number of hydrogen-bond donors (Lipinski definition) is 1. The van der Waals surface area contributed by atoms with Crippen LogP contribution in [0.4, 0.5) is 0 Å². The van der Waals surface area contributed by atoms with Crippen LogP contribution in [0.5, 0.6) is 0 Å². The van der Waals surface area contributed by atoms with Gasteiger partial charge in [0.15, 0.2) is 5.82 Å². The number of fused-ring (bicyclic) bond motifs is 1. The Kier molecular flexibility index (Phi) is 5.13. The van der Waals surface area contributed by atoms with Crippen molar-refractivity contribution in [2.45, 2.75) is 32.6 Å². The van der Waals surface area contributed by atoms with Crippen molar-refractivity contribution in [3.05, 3.63) is 106 Å². The Hall–Kier alpha value is -3.66. The molecular weight excluding hydrogens is 382 g/mol. The molecule has 0 radical (unpaired) electrons. The van der Waals surface area contributed by atoms with E-state index < -0.39 is 0 Å². The summed E-state index contributed by atoms with van der Waals surface area (Å²) in [5, 5.41) is 0. The van der Waals surface area contributed by atoms with Crippen molar-refractivity contribution in [3.63, 3.8) is 0 Å². The molecule has 1 N–H and O–H groups in total. The van der Waals surface area contributed by atoms with Crippen LogP contribution in [-0.2, 0) is 12.8 Å². The summed E-state index contributed by atoms with van der Waals surface area (Å²) in [6, 6.07) is 20.3. The Balaban J connectivity index is 1.78. The van der Waals surface area contributed by atoms with Gasteiger partial charge >= 0.3 is 0 Å². The third-order valence-electron chi connectivity index (χ3n) is 5.89. The highest BCUT2D eigenvalue weighted by molar-refractivity contribution is 5.74. The van der Waals surface area contributed by atoms with E-state index >= 15 is 0 Å². The van der Waals surface area contributed by atoms with Crippen LogP contribution < -0.4 is 5.56 Å². The quantitative estimate of drug-likeness (QED) is 0.460. The van der Waals surface area contributed by atoms with Crippen LogP contribution in [0.3, 0.4) is 0 Å². The zero-order chi connectivity index (χ0) is 21.2. The molecule has 2 aromatic carbocycles. The number of H-pyrrole nitrogens is 1. The lowest BCUT2D eigenvalue weighted by Crippen LogP contribution is -2.21. The molecule has 0 atom stereocenters. The Morgan fingerprint density at radius 2 is 1.65 bits per heavy atom. The molecule has 0 saturated heterocycles. The van der Waals surface area contributed by atoms with E-state index in [1.165, 1.54) is 5.57 Å². The lowest BCUT2D eigenvalue weighted by Gasteiger charge is -2.19. The molecule has 0 amide bonds. The van der Waals surface area contributed by atoms with Gasteiger partial charge in [0.05, 0.1) is 17.1 Å². The van der Waals surface area contributed by atoms with E-state index in [4.69, 9.17) is 4.98 Å². The minimum atomic E-state index is -0.00864. The van der Waals surface area contributed by atoms with Crippen molar-refractivity contribution >= 4 is 0 Å². The number of benzene rings is 2. The van der Waals surface area contributed by atoms with Crippen molar-refractivity contribution in [3.8, 4) is 28.3 Å². The predicted octanol–water partition coefficient (Wildman–Crippen LogP) is 5.71. The van der Waals surface area contributed by atoms with Gasteiger partial charge in [-0.25, -0.2) is 4.98 Å². The smallest absolute Gasteiger partial charge is 0.278 e. The van der Waals surface area contributed by atoms with Crippen LogP contribution in [0.25, 0.3) is 28.3 Å². The topological polar surface area (TPSA) is 50.7 Å². The highest BCUT2D eigenvalue weighted by Gasteiger charge is 2.25. The second-order valence-corrected chi connectivity index (χ2v) is 7.90. The third-order valence-corrected chi connectivity index (χ3v) is 5.89. The zero-order valence-electron chi connectivity index (χ0n) is 17.6. The fourth-order valence-electron chi connectivity index (χ4n) is 4.35. The van der Waals surface area contributed by atoms with Gasteiger partial charge in [0, 0.05) is 12.0 Å². The van der Waals surface area contributed by atoms with E-state index in [0.29, 0.717) is 17.9 Å². The molecule has 31 heavy (non-hydrogen) atoms. The van der Waals surface area contributed by atoms with Crippen LogP contribution in [0.2, 0.25) is 0 Å². The van der Waals surface area contributed by atoms with Gasteiger partial charge < -0.3 is 4.98 Å². The van der Waals surface area contributed by atoms with Gasteiger partial charge in [-0.15, -0.1) is 0 Å². The van der Waals surface area contributed by atoms with E-state index in [0.717, 1.165) is 47.5 Å². The normalized spacial score (nSPS) is 13.5. The molecule has 2 heterocycles. The molecule has 1 aliphatic carbocycles. The van der Waals surface area contributed by atoms with Crippen LogP contribution >= 0.6 is 0 Å². The Labute approximate surface area is 182 Å². The highest BCUT2D eigenvalue weighted by Crippen LogP contribution is 2.32. The van der Waals surface area contributed by atoms with Crippen LogP contribution in [0.1, 0.15) is 31.2 Å². The molecule has 0 spiro atoms. The Morgan fingerprint density at radius 1 is 0.968 bits per heavy atom. The first kappa shape index (κ1) is 19.3. The summed E-state index contributed by atoms with van der Waals surface area (Å²) in [5.74, 6) is 0.703. The largest absolute Gasteiger partial charge is 0.350 e. The first-order valence-corrected chi connectivity index (χ1v) is 10.9. The summed E-state index contributed by atoms with van der Waals surface area (Å²) in [7, 11) is 0. The van der Waals surface area contributed by atoms with Crippen molar-refractivity contribution < 1.29 is 0 Å². The number of rotatable bonds is 5. The lowest BCUT2D eigenvalue weighted by molar-refractivity contribution is 0.863. The summed E-state index contributed by atoms with van der Waals surface area (Å²) in [6.45, 7) is 2.09. The molecule has 0 bridgehead atoms. The highest BCUT2D eigenvalue weighted by atomic mass is 16.1. The number of nitrogens with zero attached hydrogens (tertiary/aromatic N) is 2. The molecule has 154 valence electrons. The minimum absolute atomic E-state index is 0.00864. The van der Waals surface area contributed by atoms with Crippen LogP contribution in [0, 0.1) is 0 Å². The maximum absolute atomic E-state index is 13.6. The van der Waals surface area contributed by atoms with Gasteiger partial charge in [-0.3, -0.25) is 9.36 Å². The van der Waals surface area contributed by atoms with E-state index in [2.05, 4.69) is 54.4 Å². The fraction of sp³-hybridized carbons (Fsp3) is 0.185. The second-order valence-electron chi connectivity index (χ2n) is 7.90. The van der Waals surface area contributed by atoms with Gasteiger partial charge in [0.25, 0.3) is 5.56 Å². The average molecular weight is 408 g/mol. The number of aromatic amines is 1. The van der Waals surface area contributed by atoms with Gasteiger partial charge in [-0.05, 0) is 24.8 Å². The molecule has 0 fully saturated rings. The minimum Gasteiger partial charge on any atom is -0.350 e. The summed E-state index contributed by atoms with van der Waals surface area (Å²) in [5.41, 5.74) is 6.75. The molecule has 2 aliphatic heterocycles. The molecule has 0 unspecified atom stereocenters. The van der Waals surface area contributed by atoms with E-state index in [9.17, 15) is 4.79 Å². The van der Waals surface area contributed by atoms with Gasteiger partial charge in [0.1, 0.15) is 5.69 Å². The molecule has 4 nitrogen and oxygen atoms in total. The van der Waals surface area contributed by atoms with Crippen molar-refractivity contribution in [2.24, 2.45) is 0 Å². The predicted molar refractivity (Wildman–Crippen MR) is 126 cm³/mol. The first-order chi connectivity index (χ1) is 15.3. The summed E-state index contributed by atoms with van der Waals surface area (Å²) in [6.07, 6.45) is 9.69. The van der Waals surface area contributed by atoms with Gasteiger partial charge in [-0.2, -0.15) is 0 Å². The molecular formula is C27H25N3O. The van der Waals surface area contributed by atoms with Gasteiger partial charge in [-0.1, -0.05) is 91.4 Å². The molecule has 4 heteroatoms. The molecule has 3 aliphatic rings. The average Bonchev–Trinajstić information content (AvgIpc) is 3.15. The van der Waals surface area contributed by atoms with Crippen molar-refractivity contribution in [1.82, 2.24) is 14.5 Å². The fourth-order valence-corrected chi connectivity index (χ4v) is 4.35. The molecule has 5 rings (SSSR count).